The van der Waals surface area contributed by atoms with Crippen LogP contribution in [0.1, 0.15) is 46.0 Å². The van der Waals surface area contributed by atoms with E-state index in [1.807, 2.05) is 18.2 Å². The number of benzene rings is 1. The van der Waals surface area contributed by atoms with Crippen LogP contribution in [0.15, 0.2) is 29.4 Å². The van der Waals surface area contributed by atoms with Crippen molar-refractivity contribution in [2.75, 3.05) is 25.1 Å². The Morgan fingerprint density at radius 3 is 2.86 bits per heavy atom. The van der Waals surface area contributed by atoms with Crippen molar-refractivity contribution in [2.24, 2.45) is 5.16 Å². The van der Waals surface area contributed by atoms with Crippen LogP contribution < -0.4 is 10.6 Å². The highest BCUT2D eigenvalue weighted by molar-refractivity contribution is 6.02. The van der Waals surface area contributed by atoms with Crippen LogP contribution in [0.3, 0.4) is 0 Å². The third kappa shape index (κ3) is 5.31. The average Bonchev–Trinajstić information content (AvgIpc) is 3.37. The molecule has 3 atom stereocenters. The number of fused-ring (bicyclic) bond motifs is 1. The molecule has 5 rings (SSSR count). The SMILES string of the molecule is Cc1nc(C(=O)NCc2ccc3c(c2)NC(=O)CC3)cc(C2=NO[C@H]([C@H]3CO[C@H](CO)CO3)C2)n1. The number of nitrogens with zero attached hydrogens (tertiary/aromatic N) is 3. The number of rotatable bonds is 6. The number of nitrogens with one attached hydrogen (secondary N) is 2. The van der Waals surface area contributed by atoms with Crippen LogP contribution in [0.4, 0.5) is 5.69 Å². The molecule has 2 amide bonds. The number of aromatic nitrogens is 2. The average molecular weight is 482 g/mol. The van der Waals surface area contributed by atoms with Gasteiger partial charge in [-0.3, -0.25) is 9.59 Å². The molecule has 0 spiro atoms. The summed E-state index contributed by atoms with van der Waals surface area (Å²) in [5.41, 5.74) is 4.11. The first-order valence-electron chi connectivity index (χ1n) is 11.6. The normalized spacial score (nSPS) is 23.7. The summed E-state index contributed by atoms with van der Waals surface area (Å²) in [6, 6.07) is 7.40. The van der Waals surface area contributed by atoms with E-state index in [9.17, 15) is 9.59 Å². The van der Waals surface area contributed by atoms with Gasteiger partial charge < -0.3 is 30.1 Å². The van der Waals surface area contributed by atoms with Crippen molar-refractivity contribution in [3.8, 4) is 0 Å². The van der Waals surface area contributed by atoms with Gasteiger partial charge in [-0.05, 0) is 36.6 Å². The van der Waals surface area contributed by atoms with Crippen molar-refractivity contribution in [1.29, 1.82) is 0 Å². The van der Waals surface area contributed by atoms with Crippen LogP contribution in [0.25, 0.3) is 0 Å². The van der Waals surface area contributed by atoms with Gasteiger partial charge in [0.05, 0.1) is 25.5 Å². The van der Waals surface area contributed by atoms with Gasteiger partial charge in [0, 0.05) is 25.1 Å². The van der Waals surface area contributed by atoms with Crippen LogP contribution in [-0.2, 0) is 32.1 Å². The highest BCUT2D eigenvalue weighted by atomic mass is 16.7. The van der Waals surface area contributed by atoms with E-state index in [0.717, 1.165) is 16.8 Å². The van der Waals surface area contributed by atoms with E-state index < -0.39 is 0 Å². The summed E-state index contributed by atoms with van der Waals surface area (Å²) in [5.74, 6) is 0.104. The Balaban J connectivity index is 1.21. The second kappa shape index (κ2) is 10.1. The maximum Gasteiger partial charge on any atom is 0.270 e. The Morgan fingerprint density at radius 1 is 1.17 bits per heavy atom. The number of aliphatic hydroxyl groups excluding tert-OH is 1. The Hall–Kier alpha value is -3.41. The highest BCUT2D eigenvalue weighted by Gasteiger charge is 2.35. The van der Waals surface area contributed by atoms with Crippen molar-refractivity contribution in [2.45, 2.75) is 51.0 Å². The quantitative estimate of drug-likeness (QED) is 0.551. The molecule has 0 bridgehead atoms. The maximum absolute atomic E-state index is 12.8. The molecule has 4 heterocycles. The number of hydrogen-bond donors (Lipinski definition) is 3. The molecule has 1 aromatic heterocycles. The van der Waals surface area contributed by atoms with Crippen LogP contribution >= 0.6 is 0 Å². The highest BCUT2D eigenvalue weighted by Crippen LogP contribution is 2.25. The molecule has 1 fully saturated rings. The number of amides is 2. The monoisotopic (exact) mass is 481 g/mol. The lowest BCUT2D eigenvalue weighted by molar-refractivity contribution is -0.178. The van der Waals surface area contributed by atoms with Gasteiger partial charge in [0.1, 0.15) is 29.4 Å². The van der Waals surface area contributed by atoms with Crippen LogP contribution in [0.5, 0.6) is 0 Å². The van der Waals surface area contributed by atoms with Gasteiger partial charge in [-0.25, -0.2) is 9.97 Å². The number of carbonyl (C=O) groups excluding carboxylic acids is 2. The molecular weight excluding hydrogens is 454 g/mol. The van der Waals surface area contributed by atoms with Gasteiger partial charge in [0.25, 0.3) is 5.91 Å². The van der Waals surface area contributed by atoms with Crippen molar-refractivity contribution in [3.05, 3.63) is 52.6 Å². The number of ether oxygens (including phenoxy) is 2. The second-order valence-corrected chi connectivity index (χ2v) is 8.80. The molecule has 2 aromatic rings. The first-order chi connectivity index (χ1) is 17.0. The lowest BCUT2D eigenvalue weighted by Gasteiger charge is -2.30. The summed E-state index contributed by atoms with van der Waals surface area (Å²) in [5, 5.41) is 19.1. The molecule has 11 heteroatoms. The topological polar surface area (TPSA) is 144 Å². The number of aliphatic hydroxyl groups is 1. The van der Waals surface area contributed by atoms with E-state index >= 15 is 0 Å². The molecule has 184 valence electrons. The molecule has 0 aliphatic carbocycles. The third-order valence-electron chi connectivity index (χ3n) is 6.19. The fourth-order valence-corrected chi connectivity index (χ4v) is 4.26. The molecule has 0 unspecified atom stereocenters. The predicted octanol–water partition coefficient (Wildman–Crippen LogP) is 0.869. The minimum atomic E-state index is -0.339. The summed E-state index contributed by atoms with van der Waals surface area (Å²) in [4.78, 5) is 38.8. The zero-order chi connectivity index (χ0) is 24.4. The van der Waals surface area contributed by atoms with Crippen LogP contribution in [0, 0.1) is 6.92 Å². The lowest BCUT2D eigenvalue weighted by Crippen LogP contribution is -2.43. The number of aryl methyl sites for hydroxylation is 2. The van der Waals surface area contributed by atoms with Crippen LogP contribution in [-0.4, -0.2) is 70.7 Å². The van der Waals surface area contributed by atoms with E-state index in [0.29, 0.717) is 56.3 Å². The van der Waals surface area contributed by atoms with Gasteiger partial charge in [0.15, 0.2) is 6.10 Å². The van der Waals surface area contributed by atoms with Gasteiger partial charge in [-0.1, -0.05) is 17.3 Å². The molecule has 3 aliphatic heterocycles. The molecule has 1 saturated heterocycles. The van der Waals surface area contributed by atoms with Crippen molar-refractivity contribution < 1.29 is 29.0 Å². The maximum atomic E-state index is 12.8. The van der Waals surface area contributed by atoms with Gasteiger partial charge in [-0.15, -0.1) is 0 Å². The first kappa shape index (κ1) is 23.3. The molecule has 11 nitrogen and oxygen atoms in total. The van der Waals surface area contributed by atoms with Gasteiger partial charge in [-0.2, -0.15) is 0 Å². The zero-order valence-electron chi connectivity index (χ0n) is 19.3. The van der Waals surface area contributed by atoms with E-state index in [2.05, 4.69) is 25.8 Å². The van der Waals surface area contributed by atoms with Crippen molar-refractivity contribution in [3.63, 3.8) is 0 Å². The molecule has 3 N–H and O–H groups in total. The van der Waals surface area contributed by atoms with Gasteiger partial charge in [0.2, 0.25) is 5.91 Å². The standard InChI is InChI=1S/C24H27N5O6/c1-13-26-18(19-8-21(35-29-19)22-12-33-16(10-30)11-34-22)7-20(27-13)24(32)25-9-14-2-3-15-4-5-23(31)28-17(15)6-14/h2-3,6-7,16,21-22,30H,4-5,8-12H2,1H3,(H,25,32)(H,28,31)/t16-,21+,22-/m1/s1. The first-order valence-corrected chi connectivity index (χ1v) is 11.6. The Kier molecular flexibility index (Phi) is 6.71. The number of oxime groups is 1. The van der Waals surface area contributed by atoms with Crippen molar-refractivity contribution >= 4 is 23.2 Å². The van der Waals surface area contributed by atoms with Gasteiger partial charge >= 0.3 is 0 Å². The summed E-state index contributed by atoms with van der Waals surface area (Å²) in [6.07, 6.45) is 0.706. The third-order valence-corrected chi connectivity index (χ3v) is 6.19. The minimum absolute atomic E-state index is 0.000603. The summed E-state index contributed by atoms with van der Waals surface area (Å²) >= 11 is 0. The molecule has 0 saturated carbocycles. The summed E-state index contributed by atoms with van der Waals surface area (Å²) < 4.78 is 11.3. The van der Waals surface area contributed by atoms with Crippen LogP contribution in [0.2, 0.25) is 0 Å². The summed E-state index contributed by atoms with van der Waals surface area (Å²) in [7, 11) is 0. The molecule has 0 radical (unpaired) electrons. The van der Waals surface area contributed by atoms with E-state index in [-0.39, 0.29) is 42.4 Å². The summed E-state index contributed by atoms with van der Waals surface area (Å²) in [6.45, 7) is 2.52. The Morgan fingerprint density at radius 2 is 2.06 bits per heavy atom. The molecular formula is C24H27N5O6. The predicted molar refractivity (Wildman–Crippen MR) is 124 cm³/mol. The Bertz CT molecular complexity index is 1160. The zero-order valence-corrected chi connectivity index (χ0v) is 19.3. The van der Waals surface area contributed by atoms with Crippen molar-refractivity contribution in [1.82, 2.24) is 15.3 Å². The Labute approximate surface area is 201 Å². The molecule has 3 aliphatic rings. The largest absolute Gasteiger partial charge is 0.394 e. The fraction of sp³-hybridized carbons (Fsp3) is 0.458. The number of hydrogen-bond acceptors (Lipinski definition) is 9. The van der Waals surface area contributed by atoms with E-state index in [1.165, 1.54) is 0 Å². The lowest BCUT2D eigenvalue weighted by atomic mass is 10.0. The minimum Gasteiger partial charge on any atom is -0.394 e. The molecule has 35 heavy (non-hydrogen) atoms. The number of anilines is 1. The second-order valence-electron chi connectivity index (χ2n) is 8.80. The smallest absolute Gasteiger partial charge is 0.270 e. The fourth-order valence-electron chi connectivity index (χ4n) is 4.26. The number of carbonyl (C=O) groups is 2. The van der Waals surface area contributed by atoms with E-state index in [1.54, 1.807) is 13.0 Å². The molecule has 1 aromatic carbocycles. The van der Waals surface area contributed by atoms with E-state index in [4.69, 9.17) is 19.4 Å².